The van der Waals surface area contributed by atoms with Gasteiger partial charge in [0.15, 0.2) is 6.29 Å². The Balaban J connectivity index is 2.73. The first kappa shape index (κ1) is 11.6. The Morgan fingerprint density at radius 1 is 1.35 bits per heavy atom. The second-order valence-electron chi connectivity index (χ2n) is 4.66. The molecule has 0 amide bonds. The lowest BCUT2D eigenvalue weighted by Gasteiger charge is -2.13. The number of carbonyl (C=O) groups is 1. The second kappa shape index (κ2) is 4.20. The molecule has 0 atom stereocenters. The van der Waals surface area contributed by atoms with Gasteiger partial charge in [-0.2, -0.15) is 0 Å². The molecule has 0 radical (unpaired) electrons. The summed E-state index contributed by atoms with van der Waals surface area (Å²) in [7, 11) is 3.99. The lowest BCUT2D eigenvalue weighted by atomic mass is 10.2. The van der Waals surface area contributed by atoms with Crippen LogP contribution in [0.1, 0.15) is 36.1 Å². The van der Waals surface area contributed by atoms with Crippen LogP contribution in [0.3, 0.4) is 0 Å². The Morgan fingerprint density at radius 3 is 2.59 bits per heavy atom. The number of nitrogens with zero attached hydrogens (tertiary/aromatic N) is 3. The van der Waals surface area contributed by atoms with E-state index in [2.05, 4.69) is 18.8 Å². The Morgan fingerprint density at radius 2 is 2.06 bits per heavy atom. The first-order valence-electron chi connectivity index (χ1n) is 5.69. The van der Waals surface area contributed by atoms with Crippen molar-refractivity contribution in [3.8, 4) is 0 Å². The van der Waals surface area contributed by atoms with Crippen LogP contribution < -0.4 is 4.90 Å². The predicted octanol–water partition coefficient (Wildman–Crippen LogP) is 2.34. The number of rotatable bonds is 3. The van der Waals surface area contributed by atoms with Crippen molar-refractivity contribution in [2.24, 2.45) is 0 Å². The van der Waals surface area contributed by atoms with Crippen molar-refractivity contribution >= 4 is 17.5 Å². The molecule has 90 valence electrons. The van der Waals surface area contributed by atoms with Crippen LogP contribution in [0.4, 0.5) is 5.69 Å². The Kier molecular flexibility index (Phi) is 2.88. The van der Waals surface area contributed by atoms with E-state index in [9.17, 15) is 4.79 Å². The average Bonchev–Trinajstić information content (AvgIpc) is 2.66. The van der Waals surface area contributed by atoms with Crippen LogP contribution in [0, 0.1) is 0 Å². The van der Waals surface area contributed by atoms with Crippen molar-refractivity contribution in [2.75, 3.05) is 19.0 Å². The minimum atomic E-state index is 0.286. The van der Waals surface area contributed by atoms with E-state index in [1.165, 1.54) is 0 Å². The number of anilines is 1. The molecule has 2 heterocycles. The van der Waals surface area contributed by atoms with Crippen LogP contribution in [0.5, 0.6) is 0 Å². The highest BCUT2D eigenvalue weighted by Gasteiger charge is 2.13. The topological polar surface area (TPSA) is 37.6 Å². The maximum atomic E-state index is 11.0. The highest BCUT2D eigenvalue weighted by molar-refractivity contribution is 5.84. The third kappa shape index (κ3) is 1.90. The van der Waals surface area contributed by atoms with Gasteiger partial charge in [0.2, 0.25) is 0 Å². The summed E-state index contributed by atoms with van der Waals surface area (Å²) in [6, 6.07) is 3.94. The zero-order valence-electron chi connectivity index (χ0n) is 10.6. The van der Waals surface area contributed by atoms with E-state index in [0.717, 1.165) is 23.3 Å². The Bertz CT molecular complexity index is 555. The first-order chi connectivity index (χ1) is 8.04. The number of hydrogen-bond acceptors (Lipinski definition) is 3. The van der Waals surface area contributed by atoms with Gasteiger partial charge >= 0.3 is 0 Å². The number of pyridine rings is 1. The normalized spacial score (nSPS) is 11.1. The third-order valence-electron chi connectivity index (χ3n) is 2.82. The first-order valence-corrected chi connectivity index (χ1v) is 5.69. The summed E-state index contributed by atoms with van der Waals surface area (Å²) in [5, 5.41) is 0. The van der Waals surface area contributed by atoms with Gasteiger partial charge in [-0.1, -0.05) is 13.8 Å². The van der Waals surface area contributed by atoms with E-state index in [-0.39, 0.29) is 5.92 Å². The number of imidazole rings is 1. The minimum Gasteiger partial charge on any atom is -0.376 e. The van der Waals surface area contributed by atoms with Gasteiger partial charge in [0.25, 0.3) is 0 Å². The van der Waals surface area contributed by atoms with Gasteiger partial charge in [-0.25, -0.2) is 4.98 Å². The zero-order valence-corrected chi connectivity index (χ0v) is 10.6. The SMILES string of the molecule is CC(C)c1nc(C=O)c2ccc(N(C)C)cn12. The molecule has 0 fully saturated rings. The highest BCUT2D eigenvalue weighted by atomic mass is 16.1. The largest absolute Gasteiger partial charge is 0.376 e. The van der Waals surface area contributed by atoms with Gasteiger partial charge in [0, 0.05) is 26.2 Å². The molecule has 0 unspecified atom stereocenters. The summed E-state index contributed by atoms with van der Waals surface area (Å²) in [6.45, 7) is 4.15. The number of carbonyl (C=O) groups excluding carboxylic acids is 1. The van der Waals surface area contributed by atoms with Crippen LogP contribution >= 0.6 is 0 Å². The molecule has 0 aliphatic heterocycles. The molecule has 0 N–H and O–H groups in total. The van der Waals surface area contributed by atoms with E-state index < -0.39 is 0 Å². The van der Waals surface area contributed by atoms with Crippen LogP contribution in [-0.2, 0) is 0 Å². The van der Waals surface area contributed by atoms with E-state index in [1.54, 1.807) is 0 Å². The molecule has 2 aromatic heterocycles. The summed E-state index contributed by atoms with van der Waals surface area (Å²) in [5.74, 6) is 1.21. The molecule has 2 rings (SSSR count). The summed E-state index contributed by atoms with van der Waals surface area (Å²) in [4.78, 5) is 17.4. The van der Waals surface area contributed by atoms with E-state index in [1.807, 2.05) is 41.7 Å². The molecule has 0 aromatic carbocycles. The van der Waals surface area contributed by atoms with E-state index in [4.69, 9.17) is 0 Å². The fourth-order valence-corrected chi connectivity index (χ4v) is 1.88. The monoisotopic (exact) mass is 231 g/mol. The van der Waals surface area contributed by atoms with E-state index in [0.29, 0.717) is 5.69 Å². The van der Waals surface area contributed by atoms with Crippen LogP contribution in [0.2, 0.25) is 0 Å². The molecule has 0 spiro atoms. The van der Waals surface area contributed by atoms with Crippen LogP contribution in [0.15, 0.2) is 18.3 Å². The fourth-order valence-electron chi connectivity index (χ4n) is 1.88. The average molecular weight is 231 g/mol. The molecule has 17 heavy (non-hydrogen) atoms. The predicted molar refractivity (Wildman–Crippen MR) is 69.0 cm³/mol. The molecule has 2 aromatic rings. The Hall–Kier alpha value is -1.84. The molecule has 0 saturated carbocycles. The lowest BCUT2D eigenvalue weighted by Crippen LogP contribution is -2.09. The third-order valence-corrected chi connectivity index (χ3v) is 2.82. The van der Waals surface area contributed by atoms with Gasteiger partial charge in [-0.15, -0.1) is 0 Å². The standard InChI is InChI=1S/C13H17N3O/c1-9(2)13-14-11(8-17)12-6-5-10(15(3)4)7-16(12)13/h5-9H,1-4H3. The molecule has 0 aliphatic carbocycles. The van der Waals surface area contributed by atoms with Crippen molar-refractivity contribution in [3.05, 3.63) is 29.8 Å². The van der Waals surface area contributed by atoms with Gasteiger partial charge in [0.1, 0.15) is 11.5 Å². The molecule has 0 bridgehead atoms. The van der Waals surface area contributed by atoms with Gasteiger partial charge < -0.3 is 9.30 Å². The number of aldehydes is 1. The van der Waals surface area contributed by atoms with Crippen molar-refractivity contribution in [2.45, 2.75) is 19.8 Å². The van der Waals surface area contributed by atoms with Gasteiger partial charge in [-0.3, -0.25) is 4.79 Å². The van der Waals surface area contributed by atoms with Crippen LogP contribution in [-0.4, -0.2) is 29.8 Å². The molecule has 0 saturated heterocycles. The molecular weight excluding hydrogens is 214 g/mol. The van der Waals surface area contributed by atoms with Crippen molar-refractivity contribution in [1.29, 1.82) is 0 Å². The minimum absolute atomic E-state index is 0.286. The second-order valence-corrected chi connectivity index (χ2v) is 4.66. The van der Waals surface area contributed by atoms with E-state index >= 15 is 0 Å². The Labute approximate surface area is 101 Å². The van der Waals surface area contributed by atoms with Gasteiger partial charge in [0.05, 0.1) is 11.2 Å². The number of hydrogen-bond donors (Lipinski definition) is 0. The smallest absolute Gasteiger partial charge is 0.170 e. The maximum absolute atomic E-state index is 11.0. The lowest BCUT2D eigenvalue weighted by molar-refractivity contribution is 0.112. The van der Waals surface area contributed by atoms with Crippen molar-refractivity contribution in [3.63, 3.8) is 0 Å². The quantitative estimate of drug-likeness (QED) is 0.761. The summed E-state index contributed by atoms with van der Waals surface area (Å²) < 4.78 is 2.00. The van der Waals surface area contributed by atoms with Crippen LogP contribution in [0.25, 0.3) is 5.52 Å². The number of fused-ring (bicyclic) bond motifs is 1. The van der Waals surface area contributed by atoms with Crippen molar-refractivity contribution < 1.29 is 4.79 Å². The highest BCUT2D eigenvalue weighted by Crippen LogP contribution is 2.22. The van der Waals surface area contributed by atoms with Gasteiger partial charge in [-0.05, 0) is 12.1 Å². The zero-order chi connectivity index (χ0) is 12.6. The molecular formula is C13H17N3O. The fraction of sp³-hybridized carbons (Fsp3) is 0.385. The molecule has 4 heteroatoms. The summed E-state index contributed by atoms with van der Waals surface area (Å²) in [5.41, 5.74) is 2.47. The van der Waals surface area contributed by atoms with Crippen molar-refractivity contribution in [1.82, 2.24) is 9.38 Å². The summed E-state index contributed by atoms with van der Waals surface area (Å²) in [6.07, 6.45) is 2.83. The maximum Gasteiger partial charge on any atom is 0.170 e. The number of aromatic nitrogens is 2. The molecule has 0 aliphatic rings. The summed E-state index contributed by atoms with van der Waals surface area (Å²) >= 11 is 0. The molecule has 4 nitrogen and oxygen atoms in total.